The molecule has 0 amide bonds. The highest BCUT2D eigenvalue weighted by molar-refractivity contribution is 5.44. The van der Waals surface area contributed by atoms with E-state index in [9.17, 15) is 15.2 Å². The minimum absolute atomic E-state index is 0.0253. The van der Waals surface area contributed by atoms with E-state index in [1.165, 1.54) is 32.2 Å². The molecule has 1 aromatic carbocycles. The first-order chi connectivity index (χ1) is 7.56. The molecule has 0 saturated heterocycles. The van der Waals surface area contributed by atoms with Crippen molar-refractivity contribution < 1.29 is 19.5 Å². The maximum Gasteiger partial charge on any atom is 0.270 e. The molecule has 0 aliphatic carbocycles. The third kappa shape index (κ3) is 2.91. The first-order valence-corrected chi connectivity index (χ1v) is 4.64. The van der Waals surface area contributed by atoms with E-state index in [0.29, 0.717) is 11.3 Å². The molecule has 1 aromatic rings. The average Bonchev–Trinajstić information content (AvgIpc) is 2.25. The number of methoxy groups -OCH3 is 1. The van der Waals surface area contributed by atoms with E-state index >= 15 is 0 Å². The van der Waals surface area contributed by atoms with Crippen molar-refractivity contribution >= 4 is 5.69 Å². The molecule has 0 aliphatic rings. The molecule has 88 valence electrons. The fourth-order valence-electron chi connectivity index (χ4n) is 1.23. The van der Waals surface area contributed by atoms with Crippen molar-refractivity contribution in [2.24, 2.45) is 0 Å². The number of rotatable bonds is 5. The van der Waals surface area contributed by atoms with Crippen molar-refractivity contribution in [2.75, 3.05) is 13.9 Å². The third-order valence-corrected chi connectivity index (χ3v) is 1.99. The second-order valence-electron chi connectivity index (χ2n) is 3.21. The minimum atomic E-state index is -0.841. The quantitative estimate of drug-likeness (QED) is 0.469. The molecule has 1 atom stereocenters. The lowest BCUT2D eigenvalue weighted by Gasteiger charge is -2.12. The second-order valence-corrected chi connectivity index (χ2v) is 3.21. The zero-order valence-corrected chi connectivity index (χ0v) is 9.04. The Labute approximate surface area is 92.6 Å². The van der Waals surface area contributed by atoms with Crippen LogP contribution < -0.4 is 4.74 Å². The molecule has 0 saturated carbocycles. The molecule has 1 unspecified atom stereocenters. The summed E-state index contributed by atoms with van der Waals surface area (Å²) in [5, 5.41) is 20.0. The number of non-ortho nitro benzene ring substituents is 1. The number of benzene rings is 1. The molecule has 16 heavy (non-hydrogen) atoms. The molecule has 6 nitrogen and oxygen atoms in total. The molecule has 0 aliphatic heterocycles. The summed E-state index contributed by atoms with van der Waals surface area (Å²) in [6.45, 7) is 1.54. The topological polar surface area (TPSA) is 81.8 Å². The van der Waals surface area contributed by atoms with Gasteiger partial charge in [0.1, 0.15) is 5.75 Å². The first-order valence-electron chi connectivity index (χ1n) is 4.64. The summed E-state index contributed by atoms with van der Waals surface area (Å²) in [5.41, 5.74) is 0.284. The van der Waals surface area contributed by atoms with Crippen LogP contribution in [0.2, 0.25) is 0 Å². The fraction of sp³-hybridized carbons (Fsp3) is 0.400. The van der Waals surface area contributed by atoms with Gasteiger partial charge in [-0.15, -0.1) is 0 Å². The van der Waals surface area contributed by atoms with E-state index in [4.69, 9.17) is 9.47 Å². The van der Waals surface area contributed by atoms with Crippen LogP contribution in [-0.2, 0) is 4.74 Å². The molecular formula is C10H13NO5. The highest BCUT2D eigenvalue weighted by atomic mass is 16.7. The van der Waals surface area contributed by atoms with Crippen LogP contribution in [-0.4, -0.2) is 23.9 Å². The van der Waals surface area contributed by atoms with Crippen molar-refractivity contribution in [1.82, 2.24) is 0 Å². The van der Waals surface area contributed by atoms with Crippen LogP contribution in [0.3, 0.4) is 0 Å². The third-order valence-electron chi connectivity index (χ3n) is 1.99. The Bertz CT molecular complexity index is 377. The lowest BCUT2D eigenvalue weighted by atomic mass is 10.1. The lowest BCUT2D eigenvalue weighted by Crippen LogP contribution is -2.04. The highest BCUT2D eigenvalue weighted by Gasteiger charge is 2.15. The SMILES string of the molecule is COCOc1ccc([N+](=O)[O-])cc1C(C)O. The molecule has 1 rings (SSSR count). The zero-order chi connectivity index (χ0) is 12.1. The van der Waals surface area contributed by atoms with E-state index < -0.39 is 11.0 Å². The summed E-state index contributed by atoms with van der Waals surface area (Å²) in [4.78, 5) is 10.0. The molecule has 0 spiro atoms. The van der Waals surface area contributed by atoms with Gasteiger partial charge in [0, 0.05) is 24.8 Å². The van der Waals surface area contributed by atoms with Crippen LogP contribution in [0.1, 0.15) is 18.6 Å². The molecule has 1 N–H and O–H groups in total. The van der Waals surface area contributed by atoms with E-state index in [2.05, 4.69) is 0 Å². The summed E-state index contributed by atoms with van der Waals surface area (Å²) in [6, 6.07) is 4.05. The molecule has 0 bridgehead atoms. The summed E-state index contributed by atoms with van der Waals surface area (Å²) in [6.07, 6.45) is -0.841. The maximum atomic E-state index is 10.6. The molecule has 6 heteroatoms. The number of nitrogens with zero attached hydrogens (tertiary/aromatic N) is 1. The van der Waals surface area contributed by atoms with Crippen molar-refractivity contribution in [3.63, 3.8) is 0 Å². The van der Waals surface area contributed by atoms with Gasteiger partial charge >= 0.3 is 0 Å². The smallest absolute Gasteiger partial charge is 0.270 e. The Kier molecular flexibility index (Phi) is 4.21. The second kappa shape index (κ2) is 5.43. The number of hydrogen-bond acceptors (Lipinski definition) is 5. The zero-order valence-electron chi connectivity index (χ0n) is 9.04. The van der Waals surface area contributed by atoms with E-state index in [1.54, 1.807) is 0 Å². The van der Waals surface area contributed by atoms with Crippen molar-refractivity contribution in [2.45, 2.75) is 13.0 Å². The summed E-state index contributed by atoms with van der Waals surface area (Å²) in [7, 11) is 1.47. The van der Waals surface area contributed by atoms with Crippen LogP contribution in [0.25, 0.3) is 0 Å². The first kappa shape index (κ1) is 12.4. The Hall–Kier alpha value is -1.66. The van der Waals surface area contributed by atoms with Crippen LogP contribution >= 0.6 is 0 Å². The van der Waals surface area contributed by atoms with Gasteiger partial charge in [0.05, 0.1) is 11.0 Å². The number of aliphatic hydroxyl groups is 1. The Morgan fingerprint density at radius 2 is 2.25 bits per heavy atom. The van der Waals surface area contributed by atoms with Crippen molar-refractivity contribution in [3.05, 3.63) is 33.9 Å². The van der Waals surface area contributed by atoms with Crippen molar-refractivity contribution in [3.8, 4) is 5.75 Å². The Morgan fingerprint density at radius 1 is 1.56 bits per heavy atom. The van der Waals surface area contributed by atoms with E-state index in [1.807, 2.05) is 0 Å². The monoisotopic (exact) mass is 227 g/mol. The number of hydrogen-bond donors (Lipinski definition) is 1. The highest BCUT2D eigenvalue weighted by Crippen LogP contribution is 2.29. The molecule has 0 aromatic heterocycles. The number of ether oxygens (including phenoxy) is 2. The standard InChI is InChI=1S/C10H13NO5/c1-7(12)9-5-8(11(13)14)3-4-10(9)16-6-15-2/h3-5,7,12H,6H2,1-2H3. The van der Waals surface area contributed by atoms with Crippen LogP contribution in [0, 0.1) is 10.1 Å². The average molecular weight is 227 g/mol. The van der Waals surface area contributed by atoms with Gasteiger partial charge in [-0.05, 0) is 13.0 Å². The number of nitro benzene ring substituents is 1. The fourth-order valence-corrected chi connectivity index (χ4v) is 1.23. The molecule has 0 heterocycles. The van der Waals surface area contributed by atoms with Crippen LogP contribution in [0.4, 0.5) is 5.69 Å². The van der Waals surface area contributed by atoms with Gasteiger partial charge in [-0.3, -0.25) is 10.1 Å². The van der Waals surface area contributed by atoms with Gasteiger partial charge in [0.15, 0.2) is 6.79 Å². The normalized spacial score (nSPS) is 12.2. The Balaban J connectivity index is 3.04. The summed E-state index contributed by atoms with van der Waals surface area (Å²) in [5.74, 6) is 0.377. The van der Waals surface area contributed by atoms with E-state index in [-0.39, 0.29) is 12.5 Å². The Morgan fingerprint density at radius 3 is 2.75 bits per heavy atom. The predicted octanol–water partition coefficient (Wildman–Crippen LogP) is 1.63. The van der Waals surface area contributed by atoms with Gasteiger partial charge in [-0.1, -0.05) is 0 Å². The lowest BCUT2D eigenvalue weighted by molar-refractivity contribution is -0.385. The summed E-state index contributed by atoms with van der Waals surface area (Å²) < 4.78 is 9.90. The van der Waals surface area contributed by atoms with Crippen molar-refractivity contribution in [1.29, 1.82) is 0 Å². The van der Waals surface area contributed by atoms with Crippen LogP contribution in [0.15, 0.2) is 18.2 Å². The molecular weight excluding hydrogens is 214 g/mol. The van der Waals surface area contributed by atoms with Gasteiger partial charge in [0.25, 0.3) is 5.69 Å². The molecule has 0 radical (unpaired) electrons. The summed E-state index contributed by atoms with van der Waals surface area (Å²) >= 11 is 0. The van der Waals surface area contributed by atoms with Gasteiger partial charge in [-0.25, -0.2) is 0 Å². The largest absolute Gasteiger partial charge is 0.467 e. The van der Waals surface area contributed by atoms with Gasteiger partial charge in [-0.2, -0.15) is 0 Å². The van der Waals surface area contributed by atoms with Crippen LogP contribution in [0.5, 0.6) is 5.75 Å². The van der Waals surface area contributed by atoms with E-state index in [0.717, 1.165) is 0 Å². The molecule has 0 fully saturated rings. The predicted molar refractivity (Wildman–Crippen MR) is 56.2 cm³/mol. The van der Waals surface area contributed by atoms with Gasteiger partial charge in [0.2, 0.25) is 0 Å². The van der Waals surface area contributed by atoms with Gasteiger partial charge < -0.3 is 14.6 Å². The number of nitro groups is 1. The maximum absolute atomic E-state index is 10.6. The minimum Gasteiger partial charge on any atom is -0.467 e. The number of aliphatic hydroxyl groups excluding tert-OH is 1.